The molecule has 0 bridgehead atoms. The first-order chi connectivity index (χ1) is 9.52. The Morgan fingerprint density at radius 2 is 2.10 bits per heavy atom. The van der Waals surface area contributed by atoms with Crippen molar-refractivity contribution in [2.45, 2.75) is 18.9 Å². The summed E-state index contributed by atoms with van der Waals surface area (Å²) in [6.45, 7) is 0.873. The van der Waals surface area contributed by atoms with Crippen LogP contribution in [0.3, 0.4) is 0 Å². The maximum atomic E-state index is 12.4. The highest BCUT2D eigenvalue weighted by atomic mass is 16.6. The summed E-state index contributed by atoms with van der Waals surface area (Å²) in [6.07, 6.45) is 0.650. The largest absolute Gasteiger partial charge is 0.496 e. The summed E-state index contributed by atoms with van der Waals surface area (Å²) in [5, 5.41) is 20.2. The molecular formula is C13H16N2O5. The lowest BCUT2D eigenvalue weighted by molar-refractivity contribution is -0.384. The predicted octanol–water partition coefficient (Wildman–Crippen LogP) is 1.20. The molecule has 1 aliphatic heterocycles. The van der Waals surface area contributed by atoms with E-state index in [-0.39, 0.29) is 23.3 Å². The van der Waals surface area contributed by atoms with Gasteiger partial charge in [-0.25, -0.2) is 0 Å². The number of hydrogen-bond acceptors (Lipinski definition) is 5. The Bertz CT molecular complexity index is 523. The summed E-state index contributed by atoms with van der Waals surface area (Å²) in [4.78, 5) is 24.2. The van der Waals surface area contributed by atoms with Crippen LogP contribution in [0.5, 0.6) is 5.75 Å². The molecule has 108 valence electrons. The van der Waals surface area contributed by atoms with Gasteiger partial charge in [0.05, 0.1) is 23.7 Å². The van der Waals surface area contributed by atoms with E-state index in [0.717, 1.165) is 0 Å². The zero-order valence-corrected chi connectivity index (χ0v) is 11.1. The van der Waals surface area contributed by atoms with E-state index >= 15 is 0 Å². The zero-order chi connectivity index (χ0) is 14.7. The van der Waals surface area contributed by atoms with Gasteiger partial charge < -0.3 is 14.7 Å². The van der Waals surface area contributed by atoms with Gasteiger partial charge in [-0.05, 0) is 18.9 Å². The second-order valence-corrected chi connectivity index (χ2v) is 4.67. The number of nitro groups is 1. The molecule has 1 amide bonds. The van der Waals surface area contributed by atoms with Crippen LogP contribution in [-0.2, 0) is 0 Å². The number of piperidine rings is 1. The SMILES string of the molecule is COc1ccc([N+](=O)[O-])cc1C(=O)N1CCC(O)CC1. The van der Waals surface area contributed by atoms with Gasteiger partial charge in [0.15, 0.2) is 0 Å². The average molecular weight is 280 g/mol. The lowest BCUT2D eigenvalue weighted by Gasteiger charge is -2.29. The molecule has 1 N–H and O–H groups in total. The van der Waals surface area contributed by atoms with Crippen LogP contribution in [0.2, 0.25) is 0 Å². The first kappa shape index (κ1) is 14.3. The molecule has 0 aliphatic carbocycles. The van der Waals surface area contributed by atoms with Crippen LogP contribution < -0.4 is 4.74 Å². The molecule has 1 aromatic rings. The normalized spacial score (nSPS) is 16.0. The van der Waals surface area contributed by atoms with Gasteiger partial charge in [-0.2, -0.15) is 0 Å². The Labute approximate surface area is 115 Å². The molecule has 7 heteroatoms. The number of benzene rings is 1. The van der Waals surface area contributed by atoms with Crippen molar-refractivity contribution in [1.29, 1.82) is 0 Å². The van der Waals surface area contributed by atoms with E-state index in [1.807, 2.05) is 0 Å². The Kier molecular flexibility index (Phi) is 4.19. The van der Waals surface area contributed by atoms with E-state index in [0.29, 0.717) is 31.7 Å². The number of nitro benzene ring substituents is 1. The van der Waals surface area contributed by atoms with Gasteiger partial charge in [-0.15, -0.1) is 0 Å². The third kappa shape index (κ3) is 2.88. The molecule has 20 heavy (non-hydrogen) atoms. The van der Waals surface area contributed by atoms with E-state index in [9.17, 15) is 20.0 Å². The van der Waals surface area contributed by atoms with Crippen LogP contribution in [0.25, 0.3) is 0 Å². The molecule has 7 nitrogen and oxygen atoms in total. The van der Waals surface area contributed by atoms with E-state index in [1.54, 1.807) is 4.90 Å². The summed E-state index contributed by atoms with van der Waals surface area (Å²) >= 11 is 0. The lowest BCUT2D eigenvalue weighted by Crippen LogP contribution is -2.40. The number of carbonyl (C=O) groups is 1. The number of aliphatic hydroxyl groups excluding tert-OH is 1. The summed E-state index contributed by atoms with van der Waals surface area (Å²) in [5.41, 5.74) is 0.0317. The third-order valence-electron chi connectivity index (χ3n) is 3.38. The summed E-state index contributed by atoms with van der Waals surface area (Å²) in [7, 11) is 1.41. The number of hydrogen-bond donors (Lipinski definition) is 1. The van der Waals surface area contributed by atoms with Crippen molar-refractivity contribution < 1.29 is 19.6 Å². The monoisotopic (exact) mass is 280 g/mol. The molecule has 1 fully saturated rings. The standard InChI is InChI=1S/C13H16N2O5/c1-20-12-3-2-9(15(18)19)8-11(12)13(17)14-6-4-10(16)5-7-14/h2-3,8,10,16H,4-7H2,1H3. The maximum Gasteiger partial charge on any atom is 0.270 e. The molecule has 0 unspecified atom stereocenters. The molecule has 0 radical (unpaired) electrons. The van der Waals surface area contributed by atoms with Crippen LogP contribution in [0, 0.1) is 10.1 Å². The fourth-order valence-corrected chi connectivity index (χ4v) is 2.22. The predicted molar refractivity (Wildman–Crippen MR) is 70.8 cm³/mol. The summed E-state index contributed by atoms with van der Waals surface area (Å²) < 4.78 is 5.09. The number of nitrogens with zero attached hydrogens (tertiary/aromatic N) is 2. The van der Waals surface area contributed by atoms with Crippen LogP contribution in [-0.4, -0.2) is 47.1 Å². The van der Waals surface area contributed by atoms with E-state index < -0.39 is 4.92 Å². The van der Waals surface area contributed by atoms with E-state index in [1.165, 1.54) is 25.3 Å². The van der Waals surface area contributed by atoms with Crippen LogP contribution >= 0.6 is 0 Å². The van der Waals surface area contributed by atoms with Crippen molar-refractivity contribution in [1.82, 2.24) is 4.90 Å². The Balaban J connectivity index is 2.27. The van der Waals surface area contributed by atoms with Gasteiger partial charge in [-0.3, -0.25) is 14.9 Å². The highest BCUT2D eigenvalue weighted by Gasteiger charge is 2.26. The van der Waals surface area contributed by atoms with Gasteiger partial charge in [0, 0.05) is 25.2 Å². The van der Waals surface area contributed by atoms with Crippen molar-refractivity contribution in [3.63, 3.8) is 0 Å². The van der Waals surface area contributed by atoms with Crippen molar-refractivity contribution in [2.24, 2.45) is 0 Å². The summed E-state index contributed by atoms with van der Waals surface area (Å²) in [6, 6.07) is 3.95. The quantitative estimate of drug-likeness (QED) is 0.663. The van der Waals surface area contributed by atoms with Gasteiger partial charge >= 0.3 is 0 Å². The second kappa shape index (κ2) is 5.87. The topological polar surface area (TPSA) is 92.9 Å². The van der Waals surface area contributed by atoms with E-state index in [4.69, 9.17) is 4.74 Å². The molecule has 2 rings (SSSR count). The number of methoxy groups -OCH3 is 1. The van der Waals surface area contributed by atoms with Gasteiger partial charge in [-0.1, -0.05) is 0 Å². The fourth-order valence-electron chi connectivity index (χ4n) is 2.22. The molecule has 0 saturated carbocycles. The molecule has 1 aliphatic rings. The number of carbonyl (C=O) groups excluding carboxylic acids is 1. The van der Waals surface area contributed by atoms with E-state index in [2.05, 4.69) is 0 Å². The molecule has 0 atom stereocenters. The number of non-ortho nitro benzene ring substituents is 1. The first-order valence-corrected chi connectivity index (χ1v) is 6.32. The minimum absolute atomic E-state index is 0.147. The van der Waals surface area contributed by atoms with Crippen LogP contribution in [0.15, 0.2) is 18.2 Å². The van der Waals surface area contributed by atoms with Crippen LogP contribution in [0.4, 0.5) is 5.69 Å². The number of likely N-dealkylation sites (tertiary alicyclic amines) is 1. The van der Waals surface area contributed by atoms with Crippen LogP contribution in [0.1, 0.15) is 23.2 Å². The van der Waals surface area contributed by atoms with Crippen molar-refractivity contribution in [3.05, 3.63) is 33.9 Å². The van der Waals surface area contributed by atoms with Crippen molar-refractivity contribution in [2.75, 3.05) is 20.2 Å². The Morgan fingerprint density at radius 3 is 2.65 bits per heavy atom. The van der Waals surface area contributed by atoms with Gasteiger partial charge in [0.2, 0.25) is 0 Å². The average Bonchev–Trinajstić information content (AvgIpc) is 2.46. The number of rotatable bonds is 3. The number of ether oxygens (including phenoxy) is 1. The van der Waals surface area contributed by atoms with Gasteiger partial charge in [0.25, 0.3) is 11.6 Å². The third-order valence-corrected chi connectivity index (χ3v) is 3.38. The second-order valence-electron chi connectivity index (χ2n) is 4.67. The smallest absolute Gasteiger partial charge is 0.270 e. The van der Waals surface area contributed by atoms with Crippen molar-refractivity contribution in [3.8, 4) is 5.75 Å². The molecular weight excluding hydrogens is 264 g/mol. The first-order valence-electron chi connectivity index (χ1n) is 6.32. The molecule has 1 heterocycles. The maximum absolute atomic E-state index is 12.4. The van der Waals surface area contributed by atoms with Gasteiger partial charge in [0.1, 0.15) is 5.75 Å². The highest BCUT2D eigenvalue weighted by molar-refractivity contribution is 5.97. The lowest BCUT2D eigenvalue weighted by atomic mass is 10.1. The summed E-state index contributed by atoms with van der Waals surface area (Å²) in [5.74, 6) is 0.00386. The zero-order valence-electron chi connectivity index (χ0n) is 11.1. The molecule has 0 aromatic heterocycles. The Morgan fingerprint density at radius 1 is 1.45 bits per heavy atom. The molecule has 1 aromatic carbocycles. The van der Waals surface area contributed by atoms with Crippen molar-refractivity contribution >= 4 is 11.6 Å². The highest BCUT2D eigenvalue weighted by Crippen LogP contribution is 2.26. The minimum Gasteiger partial charge on any atom is -0.496 e. The minimum atomic E-state index is -0.545. The number of aliphatic hydroxyl groups is 1. The number of amides is 1. The fraction of sp³-hybridized carbons (Fsp3) is 0.462. The Hall–Kier alpha value is -2.15. The molecule has 1 saturated heterocycles. The molecule has 0 spiro atoms.